The van der Waals surface area contributed by atoms with E-state index in [0.717, 1.165) is 6.26 Å². The van der Waals surface area contributed by atoms with Crippen molar-refractivity contribution in [2.75, 3.05) is 6.26 Å². The summed E-state index contributed by atoms with van der Waals surface area (Å²) >= 11 is 11.8. The van der Waals surface area contributed by atoms with Gasteiger partial charge < -0.3 is 0 Å². The average Bonchev–Trinajstić information content (AvgIpc) is 2.45. The normalized spacial score (nSPS) is 12.3. The predicted octanol–water partition coefficient (Wildman–Crippen LogP) is 2.88. The molecule has 124 valence electrons. The molecule has 9 heteroatoms. The van der Waals surface area contributed by atoms with Crippen LogP contribution < -0.4 is 4.72 Å². The van der Waals surface area contributed by atoms with Gasteiger partial charge in [-0.3, -0.25) is 0 Å². The maximum absolute atomic E-state index is 12.2. The molecule has 0 aliphatic heterocycles. The summed E-state index contributed by atoms with van der Waals surface area (Å²) in [6.07, 6.45) is 1.05. The smallest absolute Gasteiger partial charge is 0.224 e. The Hall–Kier alpha value is -1.12. The quantitative estimate of drug-likeness (QED) is 0.846. The summed E-state index contributed by atoms with van der Waals surface area (Å²) in [5, 5.41) is 0.811. The zero-order valence-electron chi connectivity index (χ0n) is 12.0. The number of halogens is 2. The lowest BCUT2D eigenvalue weighted by Gasteiger charge is -2.09. The van der Waals surface area contributed by atoms with Crippen LogP contribution in [-0.2, 0) is 26.4 Å². The molecular weight excluding hydrogens is 381 g/mol. The number of hydrogen-bond donors (Lipinski definition) is 1. The van der Waals surface area contributed by atoms with Crippen LogP contribution in [0.1, 0.15) is 5.56 Å². The van der Waals surface area contributed by atoms with Gasteiger partial charge in [-0.2, -0.15) is 0 Å². The van der Waals surface area contributed by atoms with Crippen LogP contribution in [0.5, 0.6) is 0 Å². The zero-order chi connectivity index (χ0) is 17.3. The molecule has 0 aliphatic carbocycles. The minimum atomic E-state index is -3.78. The molecular formula is C14H13Cl2NO4S2. The van der Waals surface area contributed by atoms with E-state index in [4.69, 9.17) is 23.2 Å². The van der Waals surface area contributed by atoms with Crippen LogP contribution in [0.15, 0.2) is 52.3 Å². The molecule has 0 heterocycles. The van der Waals surface area contributed by atoms with Crippen molar-refractivity contribution >= 4 is 43.1 Å². The molecule has 0 aromatic heterocycles. The Balaban J connectivity index is 2.19. The molecule has 2 aromatic carbocycles. The molecule has 5 nitrogen and oxygen atoms in total. The van der Waals surface area contributed by atoms with Gasteiger partial charge >= 0.3 is 0 Å². The Kier molecular flexibility index (Phi) is 5.37. The van der Waals surface area contributed by atoms with Gasteiger partial charge in [0.2, 0.25) is 10.0 Å². The van der Waals surface area contributed by atoms with Crippen molar-refractivity contribution in [3.8, 4) is 0 Å². The van der Waals surface area contributed by atoms with Crippen LogP contribution in [0.3, 0.4) is 0 Å². The molecule has 0 fully saturated rings. The SMILES string of the molecule is CS(=O)(=O)c1ccc(S(=O)(=O)NCc2ccc(Cl)cc2Cl)cc1. The van der Waals surface area contributed by atoms with E-state index >= 15 is 0 Å². The molecule has 0 amide bonds. The van der Waals surface area contributed by atoms with E-state index in [1.54, 1.807) is 12.1 Å². The van der Waals surface area contributed by atoms with Crippen LogP contribution in [-0.4, -0.2) is 23.1 Å². The summed E-state index contributed by atoms with van der Waals surface area (Å²) in [4.78, 5) is 0.0205. The van der Waals surface area contributed by atoms with E-state index < -0.39 is 19.9 Å². The third-order valence-corrected chi connectivity index (χ3v) is 6.16. The first-order valence-electron chi connectivity index (χ1n) is 6.33. The molecule has 2 aromatic rings. The molecule has 0 radical (unpaired) electrons. The molecule has 1 N–H and O–H groups in total. The van der Waals surface area contributed by atoms with Gasteiger partial charge in [-0.25, -0.2) is 21.6 Å². The molecule has 2 rings (SSSR count). The Morgan fingerprint density at radius 2 is 1.48 bits per heavy atom. The highest BCUT2D eigenvalue weighted by Crippen LogP contribution is 2.21. The van der Waals surface area contributed by atoms with Crippen molar-refractivity contribution in [3.63, 3.8) is 0 Å². The van der Waals surface area contributed by atoms with Crippen molar-refractivity contribution in [2.45, 2.75) is 16.3 Å². The first-order valence-corrected chi connectivity index (χ1v) is 10.5. The average molecular weight is 394 g/mol. The summed E-state index contributed by atoms with van der Waals surface area (Å²) in [5.74, 6) is 0. The largest absolute Gasteiger partial charge is 0.240 e. The number of benzene rings is 2. The fraction of sp³-hybridized carbons (Fsp3) is 0.143. The molecule has 0 saturated carbocycles. The lowest BCUT2D eigenvalue weighted by atomic mass is 10.2. The van der Waals surface area contributed by atoms with Crippen molar-refractivity contribution in [1.29, 1.82) is 0 Å². The van der Waals surface area contributed by atoms with Crippen molar-refractivity contribution in [1.82, 2.24) is 4.72 Å². The first-order chi connectivity index (χ1) is 10.6. The Morgan fingerprint density at radius 1 is 0.913 bits per heavy atom. The second-order valence-corrected chi connectivity index (χ2v) is 9.43. The summed E-state index contributed by atoms with van der Waals surface area (Å²) in [6.45, 7) is -0.00777. The Labute approximate surface area is 145 Å². The molecule has 0 atom stereocenters. The molecule has 23 heavy (non-hydrogen) atoms. The fourth-order valence-corrected chi connectivity index (χ4v) is 3.90. The number of hydrogen-bond acceptors (Lipinski definition) is 4. The molecule has 0 unspecified atom stereocenters. The Morgan fingerprint density at radius 3 is 2.00 bits per heavy atom. The first kappa shape index (κ1) is 18.2. The van der Waals surface area contributed by atoms with E-state index in [1.165, 1.54) is 30.3 Å². The van der Waals surface area contributed by atoms with Crippen LogP contribution in [0, 0.1) is 0 Å². The van der Waals surface area contributed by atoms with Gasteiger partial charge in [0, 0.05) is 22.8 Å². The second-order valence-electron chi connectivity index (χ2n) is 4.80. The van der Waals surface area contributed by atoms with Crippen LogP contribution in [0.4, 0.5) is 0 Å². The van der Waals surface area contributed by atoms with Crippen LogP contribution in [0.2, 0.25) is 10.0 Å². The van der Waals surface area contributed by atoms with Gasteiger partial charge in [0.25, 0.3) is 0 Å². The minimum Gasteiger partial charge on any atom is -0.224 e. The third-order valence-electron chi connectivity index (χ3n) is 3.03. The van der Waals surface area contributed by atoms with Gasteiger partial charge in [0.15, 0.2) is 9.84 Å². The highest BCUT2D eigenvalue weighted by atomic mass is 35.5. The van der Waals surface area contributed by atoms with Crippen molar-refractivity contribution in [2.24, 2.45) is 0 Å². The second kappa shape index (κ2) is 6.78. The number of sulfonamides is 1. The molecule has 0 spiro atoms. The fourth-order valence-electron chi connectivity index (χ4n) is 1.79. The monoisotopic (exact) mass is 393 g/mol. The standard InChI is InChI=1S/C14H13Cl2NO4S2/c1-22(18,19)12-4-6-13(7-5-12)23(20,21)17-9-10-2-3-11(15)8-14(10)16/h2-8,17H,9H2,1H3. The highest BCUT2D eigenvalue weighted by molar-refractivity contribution is 7.90. The number of sulfone groups is 1. The van der Waals surface area contributed by atoms with Crippen LogP contribution >= 0.6 is 23.2 Å². The third kappa shape index (κ3) is 4.68. The lowest BCUT2D eigenvalue weighted by molar-refractivity contribution is 0.580. The van der Waals surface area contributed by atoms with Crippen molar-refractivity contribution < 1.29 is 16.8 Å². The number of nitrogens with one attached hydrogen (secondary N) is 1. The molecule has 0 aliphatic rings. The van der Waals surface area contributed by atoms with E-state index in [-0.39, 0.29) is 16.3 Å². The van der Waals surface area contributed by atoms with Crippen LogP contribution in [0.25, 0.3) is 0 Å². The van der Waals surface area contributed by atoms with Gasteiger partial charge in [-0.1, -0.05) is 29.3 Å². The molecule has 0 saturated heterocycles. The van der Waals surface area contributed by atoms with Gasteiger partial charge in [0.1, 0.15) is 0 Å². The molecule has 0 bridgehead atoms. The summed E-state index contributed by atoms with van der Waals surface area (Å²) in [6, 6.07) is 9.73. The minimum absolute atomic E-state index is 0.00777. The summed E-state index contributed by atoms with van der Waals surface area (Å²) < 4.78 is 49.6. The van der Waals surface area contributed by atoms with Gasteiger partial charge in [-0.15, -0.1) is 0 Å². The van der Waals surface area contributed by atoms with Gasteiger partial charge in [-0.05, 0) is 42.0 Å². The number of rotatable bonds is 5. The summed E-state index contributed by atoms with van der Waals surface area (Å²) in [5.41, 5.74) is 0.576. The predicted molar refractivity (Wildman–Crippen MR) is 90.0 cm³/mol. The van der Waals surface area contributed by atoms with E-state index in [0.29, 0.717) is 15.6 Å². The highest BCUT2D eigenvalue weighted by Gasteiger charge is 2.16. The maximum Gasteiger partial charge on any atom is 0.240 e. The van der Waals surface area contributed by atoms with Gasteiger partial charge in [0.05, 0.1) is 9.79 Å². The van der Waals surface area contributed by atoms with E-state index in [2.05, 4.69) is 4.72 Å². The summed E-state index contributed by atoms with van der Waals surface area (Å²) in [7, 11) is -7.16. The van der Waals surface area contributed by atoms with E-state index in [9.17, 15) is 16.8 Å². The lowest BCUT2D eigenvalue weighted by Crippen LogP contribution is -2.23. The topological polar surface area (TPSA) is 80.3 Å². The Bertz CT molecular complexity index is 924. The maximum atomic E-state index is 12.2. The zero-order valence-corrected chi connectivity index (χ0v) is 15.1. The van der Waals surface area contributed by atoms with E-state index in [1.807, 2.05) is 0 Å². The van der Waals surface area contributed by atoms with Crippen molar-refractivity contribution in [3.05, 3.63) is 58.1 Å².